The van der Waals surface area contributed by atoms with Gasteiger partial charge in [-0.15, -0.1) is 0 Å². The number of nitrogens with one attached hydrogen (secondary N) is 8. The van der Waals surface area contributed by atoms with Gasteiger partial charge in [0.05, 0.1) is 53.7 Å². The second kappa shape index (κ2) is 60.4. The Morgan fingerprint density at radius 2 is 0.574 bits per heavy atom. The molecule has 2 aliphatic rings. The molecule has 11 rings (SSSR count). The smallest absolute Gasteiger partial charge is 0.408 e. The molecule has 2 aliphatic heterocycles. The van der Waals surface area contributed by atoms with Gasteiger partial charge in [0.15, 0.2) is 11.6 Å². The van der Waals surface area contributed by atoms with E-state index >= 15 is 0 Å². The molecule has 0 bridgehead atoms. The van der Waals surface area contributed by atoms with Crippen LogP contribution >= 0.6 is 0 Å². The van der Waals surface area contributed by atoms with Crippen LogP contribution in [0.1, 0.15) is 102 Å². The van der Waals surface area contributed by atoms with E-state index in [2.05, 4.69) is 42.5 Å². The van der Waals surface area contributed by atoms with E-state index < -0.39 is 131 Å². The number of esters is 1. The van der Waals surface area contributed by atoms with Crippen molar-refractivity contribution in [1.82, 2.24) is 42.5 Å². The van der Waals surface area contributed by atoms with Gasteiger partial charge in [-0.3, -0.25) is 33.6 Å². The van der Waals surface area contributed by atoms with Crippen LogP contribution in [0.15, 0.2) is 255 Å². The first-order valence-corrected chi connectivity index (χ1v) is 42.4. The summed E-state index contributed by atoms with van der Waals surface area (Å²) in [5.41, 5.74) is 11.8. The van der Waals surface area contributed by atoms with E-state index in [1.807, 2.05) is 170 Å². The van der Waals surface area contributed by atoms with Gasteiger partial charge in [-0.05, 0) is 141 Å². The van der Waals surface area contributed by atoms with Crippen LogP contribution in [0.5, 0.6) is 17.2 Å². The second-order valence-electron chi connectivity index (χ2n) is 31.1. The Labute approximate surface area is 841 Å². The largest absolute Gasteiger partial charge is 0.497 e. The van der Waals surface area contributed by atoms with Crippen molar-refractivity contribution in [3.8, 4) is 17.2 Å². The molecule has 9 aromatic carbocycles. The third-order valence-electron chi connectivity index (χ3n) is 20.3. The first-order valence-electron chi connectivity index (χ1n) is 43.4. The number of aliphatic carboxylic acids is 2. The van der Waals surface area contributed by atoms with Gasteiger partial charge in [-0.2, -0.15) is 0 Å². The second-order valence-corrected chi connectivity index (χ2v) is 31.1. The minimum atomic E-state index is -1.17. The minimum Gasteiger partial charge on any atom is -0.497 e. The standard InChI is InChI=1S/C33H37N3O7.C22H26N2O6.C21H24N2O6.C12H15NO2.C11H13NO4.CH4.2U.H2/c1-22(34-32(40)42-20-25-12-8-5-9-13-25)30(38)36-28(19-24-14-16-26(41-3)17-15-24)31(39)35-27(29(37)33(2)21-43-33)18-23-10-6-4-7-11-23;1-15(23-22(27)30-14-17-7-5-4-6-8-17)20(25)24-19(21(26)29-3)13-16-9-11-18(28-2)12-10-16;1-14(22-21(27)29-13-16-6-4-3-5-7-16)19(24)23-18(20(25)26)12-15-8-10-17(28-2)11-9-15;1-12(8-15-12)11(14)10(13)7-9-5-3-2-4-6-9;1-8(10(13)14)12-11(15)16-7-9-5-3-2-4-6-9;;;;/h4-17,22,27-28H,18-21H2,1-3H3,(H,34,40)(H,35,39)(H,36,38);4-12,15,19H,13-14H2,1-3H3,(H,23,27)(H,24,25);3-11,14,18H,12-13H2,1-2H3,(H,22,27)(H,23,24)(H,25,26);2-6,10H,7-8,13H2,1H3;2-6,8H,7H2,1H3,(H,12,15)(H,13,14);1H4;;;1H/t22-,27-,28?,33+;15-,19?;14-,18?;10?,12-;8-;;;;/m00010..../s1/i;;;;;;;;1+2T. The van der Waals surface area contributed by atoms with Gasteiger partial charge < -0.3 is 106 Å². The Morgan fingerprint density at radius 3 is 0.860 bits per heavy atom. The number of amides is 8. The summed E-state index contributed by atoms with van der Waals surface area (Å²) in [7, 11) is 5.90. The number of carbonyl (C=O) groups is 13. The maximum absolute atomic E-state index is 13.7. The van der Waals surface area contributed by atoms with Gasteiger partial charge >= 0.3 is 42.3 Å². The maximum atomic E-state index is 13.7. The first-order chi connectivity index (χ1) is 64.7. The van der Waals surface area contributed by atoms with E-state index in [1.165, 1.54) is 41.9 Å². The quantitative estimate of drug-likeness (QED) is 0.00965. The van der Waals surface area contributed by atoms with Crippen molar-refractivity contribution in [2.24, 2.45) is 5.73 Å². The summed E-state index contributed by atoms with van der Waals surface area (Å²) in [5.74, 6) is -3.40. The summed E-state index contributed by atoms with van der Waals surface area (Å²) >= 11 is 0. The molecule has 2 fully saturated rings. The number of carboxylic acids is 2. The molecule has 0 aromatic heterocycles. The van der Waals surface area contributed by atoms with Crippen LogP contribution in [0.3, 0.4) is 0 Å². The van der Waals surface area contributed by atoms with Crippen LogP contribution in [-0.4, -0.2) is 195 Å². The van der Waals surface area contributed by atoms with Crippen LogP contribution in [-0.2, 0) is 135 Å². The summed E-state index contributed by atoms with van der Waals surface area (Å²) in [6, 6.07) is 68.5. The van der Waals surface area contributed by atoms with Crippen molar-refractivity contribution in [3.63, 3.8) is 0 Å². The van der Waals surface area contributed by atoms with Crippen LogP contribution in [0.25, 0.3) is 0 Å². The van der Waals surface area contributed by atoms with E-state index in [0.29, 0.717) is 30.3 Å². The van der Waals surface area contributed by atoms with E-state index in [-0.39, 0.29) is 140 Å². The molecule has 724 valence electrons. The van der Waals surface area contributed by atoms with Gasteiger partial charge in [0.2, 0.25) is 23.6 Å². The van der Waals surface area contributed by atoms with Gasteiger partial charge in [-0.25, -0.2) is 28.8 Å². The van der Waals surface area contributed by atoms with Crippen LogP contribution in [0.2, 0.25) is 0 Å². The topological polar surface area (TPSA) is 484 Å². The number of rotatable bonds is 40. The Bertz CT molecular complexity index is 5230. The Balaban J connectivity index is 0.000000460. The molecule has 9 aromatic rings. The van der Waals surface area contributed by atoms with Crippen molar-refractivity contribution >= 4 is 77.5 Å². The van der Waals surface area contributed by atoms with Gasteiger partial charge in [0.1, 0.15) is 97.2 Å². The fourth-order valence-electron chi connectivity index (χ4n) is 12.2. The number of nitrogens with two attached hydrogens (primary N) is 1. The Hall–Kier alpha value is -12.9. The number of Topliss-reactive ketones (excluding diaryl/α,β-unsaturated/α-hetero) is 2. The molecule has 0 saturated carbocycles. The zero-order valence-electron chi connectivity index (χ0n) is 78.6. The van der Waals surface area contributed by atoms with Crippen molar-refractivity contribution < 1.29 is 185 Å². The Kier molecular flexibility index (Phi) is 50.5. The number of hydrogen-bond donors (Lipinski definition) is 11. The zero-order valence-corrected chi connectivity index (χ0v) is 84.9. The predicted molar refractivity (Wildman–Crippen MR) is 498 cm³/mol. The average molecular weight is 2330 g/mol. The zero-order chi connectivity index (χ0) is 98.8. The fourth-order valence-corrected chi connectivity index (χ4v) is 12.2. The molecular formula is C100H121N9O25U2. The Morgan fingerprint density at radius 1 is 0.331 bits per heavy atom. The van der Waals surface area contributed by atoms with E-state index in [1.54, 1.807) is 113 Å². The number of carbonyl (C=O) groups excluding carboxylic acids is 11. The van der Waals surface area contributed by atoms with Gasteiger partial charge in [0.25, 0.3) is 0 Å². The van der Waals surface area contributed by atoms with Crippen LogP contribution < -0.4 is 62.5 Å². The molecule has 2 heterocycles. The number of carboxylic acid groups (broad SMARTS) is 2. The molecular weight excluding hydrogens is 2200 g/mol. The van der Waals surface area contributed by atoms with Crippen molar-refractivity contribution in [3.05, 3.63) is 305 Å². The molecule has 34 nitrogen and oxygen atoms in total. The molecule has 0 aliphatic carbocycles. The molecule has 0 radical (unpaired) electrons. The molecule has 2 saturated heterocycles. The number of epoxide rings is 2. The monoisotopic (exact) mass is 2330 g/mol. The number of methoxy groups -OCH3 is 4. The van der Waals surface area contributed by atoms with E-state index in [0.717, 1.165) is 50.1 Å². The van der Waals surface area contributed by atoms with Crippen molar-refractivity contribution in [1.29, 1.82) is 0 Å². The number of ether oxygens (including phenoxy) is 10. The molecule has 12 N–H and O–H groups in total. The molecule has 36 heteroatoms. The predicted octanol–water partition coefficient (Wildman–Crippen LogP) is 10.6. The SMILES string of the molecule is C.COC(=O)C(Cc1ccc(OC)cc1)NC(=O)[C@H](C)NC(=O)OCc1ccccc1.COc1ccc(CC(NC(=O)[C@H](C)NC(=O)OCc2ccccc2)C(=O)N[C@@H](Cc2ccccc2)C(=O)[C@@]2(C)CO2)cc1.COc1ccc(CC(NC(=O)[C@H](C)NC(=O)OCc2ccccc2)C(=O)O)cc1.C[C@H](NC(=O)OCc1ccccc1)C(=O)O.C[C@]1(C(=O)C(N)Cc2ccccc2)CO1.[3H][3H].[U].[U]. The third-order valence-corrected chi connectivity index (χ3v) is 20.3. The van der Waals surface area contributed by atoms with Crippen molar-refractivity contribution in [2.45, 2.75) is 173 Å². The van der Waals surface area contributed by atoms with Crippen molar-refractivity contribution in [2.75, 3.05) is 41.7 Å². The number of hydrogen-bond acceptors (Lipinski definition) is 24. The number of ketones is 2. The molecule has 136 heavy (non-hydrogen) atoms. The maximum Gasteiger partial charge on any atom is 0.408 e. The summed E-state index contributed by atoms with van der Waals surface area (Å²) in [6.07, 6.45) is -1.70. The normalized spacial score (nSPS) is 15.1. The average Bonchev–Trinajstić information content (AvgIpc) is 1.65. The van der Waals surface area contributed by atoms with Gasteiger partial charge in [0, 0.05) is 84.5 Å². The summed E-state index contributed by atoms with van der Waals surface area (Å²) in [4.78, 5) is 158. The molecule has 4 unspecified atom stereocenters. The molecule has 11 atom stereocenters. The number of benzene rings is 9. The van der Waals surface area contributed by atoms with Crippen LogP contribution in [0.4, 0.5) is 19.2 Å². The third kappa shape index (κ3) is 42.3. The van der Waals surface area contributed by atoms with E-state index in [4.69, 9.17) is 61.2 Å². The van der Waals surface area contributed by atoms with E-state index in [9.17, 15) is 67.4 Å². The number of alkyl carbamates (subject to hydrolysis) is 4. The molecule has 0 spiro atoms. The molecule has 8 amide bonds. The fraction of sp³-hybridized carbons (Fsp3) is 0.330. The van der Waals surface area contributed by atoms with Gasteiger partial charge in [-0.1, -0.05) is 226 Å². The summed E-state index contributed by atoms with van der Waals surface area (Å²) < 4.78 is 60.9. The minimum absolute atomic E-state index is 0. The summed E-state index contributed by atoms with van der Waals surface area (Å²) in [6.45, 7) is 10.4. The summed E-state index contributed by atoms with van der Waals surface area (Å²) in [5, 5.41) is 38.1. The van der Waals surface area contributed by atoms with Crippen LogP contribution in [0, 0.1) is 62.2 Å². The first kappa shape index (κ1) is 114.